The van der Waals surface area contributed by atoms with E-state index in [1.54, 1.807) is 0 Å². The van der Waals surface area contributed by atoms with Crippen molar-refractivity contribution in [2.75, 3.05) is 20.1 Å². The van der Waals surface area contributed by atoms with Gasteiger partial charge in [0.25, 0.3) is 0 Å². The van der Waals surface area contributed by atoms with Crippen molar-refractivity contribution in [3.63, 3.8) is 0 Å². The van der Waals surface area contributed by atoms with Crippen molar-refractivity contribution in [1.82, 2.24) is 10.2 Å². The molecule has 0 aromatic heterocycles. The highest BCUT2D eigenvalue weighted by molar-refractivity contribution is 4.83. The molecule has 0 spiro atoms. The molecule has 0 aromatic carbocycles. The lowest BCUT2D eigenvalue weighted by Gasteiger charge is -2.36. The molecule has 0 amide bonds. The van der Waals surface area contributed by atoms with Crippen molar-refractivity contribution >= 4 is 0 Å². The van der Waals surface area contributed by atoms with Crippen LogP contribution in [0.2, 0.25) is 0 Å². The van der Waals surface area contributed by atoms with Crippen LogP contribution < -0.4 is 5.32 Å². The van der Waals surface area contributed by atoms with E-state index in [2.05, 4.69) is 31.1 Å². The van der Waals surface area contributed by atoms with Crippen LogP contribution >= 0.6 is 0 Å². The fourth-order valence-electron chi connectivity index (χ4n) is 4.03. The average Bonchev–Trinajstić information content (AvgIpc) is 2.68. The van der Waals surface area contributed by atoms with Gasteiger partial charge in [0.1, 0.15) is 0 Å². The Balaban J connectivity index is 1.75. The zero-order valence-electron chi connectivity index (χ0n) is 13.3. The highest BCUT2D eigenvalue weighted by Crippen LogP contribution is 2.27. The fourth-order valence-corrected chi connectivity index (χ4v) is 4.03. The molecule has 2 rings (SSSR count). The van der Waals surface area contributed by atoms with E-state index >= 15 is 0 Å². The summed E-state index contributed by atoms with van der Waals surface area (Å²) in [5.74, 6) is 1.82. The van der Waals surface area contributed by atoms with Crippen molar-refractivity contribution in [3.05, 3.63) is 0 Å². The molecule has 2 heteroatoms. The first kappa shape index (κ1) is 15.3. The van der Waals surface area contributed by atoms with E-state index in [9.17, 15) is 0 Å². The van der Waals surface area contributed by atoms with Gasteiger partial charge in [0.2, 0.25) is 0 Å². The van der Waals surface area contributed by atoms with Crippen molar-refractivity contribution in [1.29, 1.82) is 0 Å². The van der Waals surface area contributed by atoms with E-state index in [0.717, 1.165) is 11.8 Å². The molecule has 1 aliphatic heterocycles. The third-order valence-electron chi connectivity index (χ3n) is 5.60. The second-order valence-electron chi connectivity index (χ2n) is 7.14. The fraction of sp³-hybridized carbons (Fsp3) is 1.00. The van der Waals surface area contributed by atoms with Crippen LogP contribution in [-0.2, 0) is 0 Å². The molecule has 1 saturated heterocycles. The highest BCUT2D eigenvalue weighted by atomic mass is 15.1. The van der Waals surface area contributed by atoms with E-state index in [4.69, 9.17) is 0 Å². The molecule has 2 aliphatic rings. The van der Waals surface area contributed by atoms with Gasteiger partial charge in [-0.2, -0.15) is 0 Å². The Hall–Kier alpha value is -0.0800. The van der Waals surface area contributed by atoms with Gasteiger partial charge in [-0.25, -0.2) is 0 Å². The molecule has 0 aromatic rings. The second kappa shape index (κ2) is 7.64. The molecule has 2 fully saturated rings. The van der Waals surface area contributed by atoms with Gasteiger partial charge in [0, 0.05) is 12.1 Å². The minimum atomic E-state index is 0.701. The lowest BCUT2D eigenvalue weighted by Crippen LogP contribution is -2.46. The smallest absolute Gasteiger partial charge is 0.00705 e. The standard InChI is InChI=1S/C17H34N2/c1-14(16-8-6-4-5-7-9-16)18-15(2)17-10-12-19(3)13-11-17/h14-18H,4-13H2,1-3H3/t14-,15?/m0/s1. The van der Waals surface area contributed by atoms with Gasteiger partial charge < -0.3 is 10.2 Å². The number of rotatable bonds is 4. The number of hydrogen-bond donors (Lipinski definition) is 1. The SMILES string of the molecule is CC(N[C@@H](C)C1CCCCCC1)C1CCN(C)CC1. The quantitative estimate of drug-likeness (QED) is 0.781. The molecule has 0 bridgehead atoms. The van der Waals surface area contributed by atoms with Gasteiger partial charge >= 0.3 is 0 Å². The van der Waals surface area contributed by atoms with Crippen molar-refractivity contribution < 1.29 is 0 Å². The van der Waals surface area contributed by atoms with Gasteiger partial charge in [-0.05, 0) is 71.5 Å². The summed E-state index contributed by atoms with van der Waals surface area (Å²) in [7, 11) is 2.25. The molecular weight excluding hydrogens is 232 g/mol. The number of piperidine rings is 1. The lowest BCUT2D eigenvalue weighted by molar-refractivity contribution is 0.175. The summed E-state index contributed by atoms with van der Waals surface area (Å²) in [4.78, 5) is 2.47. The predicted molar refractivity (Wildman–Crippen MR) is 83.5 cm³/mol. The van der Waals surface area contributed by atoms with Crippen LogP contribution in [0.4, 0.5) is 0 Å². The maximum Gasteiger partial charge on any atom is 0.00705 e. The Morgan fingerprint density at radius 2 is 1.26 bits per heavy atom. The minimum Gasteiger partial charge on any atom is -0.311 e. The molecule has 1 unspecified atom stereocenters. The third kappa shape index (κ3) is 4.75. The number of likely N-dealkylation sites (tertiary alicyclic amines) is 1. The van der Waals surface area contributed by atoms with E-state index in [1.807, 2.05) is 0 Å². The summed E-state index contributed by atoms with van der Waals surface area (Å²) in [5.41, 5.74) is 0. The Kier molecular flexibility index (Phi) is 6.15. The Bertz CT molecular complexity index is 238. The van der Waals surface area contributed by atoms with Crippen LogP contribution in [0.3, 0.4) is 0 Å². The Morgan fingerprint density at radius 3 is 1.79 bits per heavy atom. The van der Waals surface area contributed by atoms with Crippen molar-refractivity contribution in [2.24, 2.45) is 11.8 Å². The minimum absolute atomic E-state index is 0.701. The summed E-state index contributed by atoms with van der Waals surface area (Å²) in [5, 5.41) is 3.94. The zero-order valence-corrected chi connectivity index (χ0v) is 13.3. The lowest BCUT2D eigenvalue weighted by atomic mass is 9.87. The topological polar surface area (TPSA) is 15.3 Å². The van der Waals surface area contributed by atoms with E-state index in [0.29, 0.717) is 12.1 Å². The highest BCUT2D eigenvalue weighted by Gasteiger charge is 2.26. The van der Waals surface area contributed by atoms with Crippen molar-refractivity contribution in [3.8, 4) is 0 Å². The molecule has 1 heterocycles. The molecule has 19 heavy (non-hydrogen) atoms. The second-order valence-corrected chi connectivity index (χ2v) is 7.14. The molecule has 112 valence electrons. The normalized spacial score (nSPS) is 27.9. The third-order valence-corrected chi connectivity index (χ3v) is 5.60. The van der Waals surface area contributed by atoms with Crippen LogP contribution in [0, 0.1) is 11.8 Å². The van der Waals surface area contributed by atoms with Gasteiger partial charge in [0.15, 0.2) is 0 Å². The molecule has 1 aliphatic carbocycles. The van der Waals surface area contributed by atoms with Crippen LogP contribution in [0.5, 0.6) is 0 Å². The first-order valence-corrected chi connectivity index (χ1v) is 8.61. The first-order valence-electron chi connectivity index (χ1n) is 8.61. The predicted octanol–water partition coefficient (Wildman–Crippen LogP) is 3.67. The van der Waals surface area contributed by atoms with Crippen LogP contribution in [0.1, 0.15) is 65.2 Å². The molecule has 1 saturated carbocycles. The maximum atomic E-state index is 3.94. The summed E-state index contributed by atoms with van der Waals surface area (Å²) in [6.07, 6.45) is 11.5. The largest absolute Gasteiger partial charge is 0.311 e. The van der Waals surface area contributed by atoms with Gasteiger partial charge in [0.05, 0.1) is 0 Å². The number of nitrogens with zero attached hydrogens (tertiary/aromatic N) is 1. The summed E-state index contributed by atoms with van der Waals surface area (Å²) in [6.45, 7) is 7.42. The first-order chi connectivity index (χ1) is 9.16. The van der Waals surface area contributed by atoms with Crippen LogP contribution in [0.25, 0.3) is 0 Å². The van der Waals surface area contributed by atoms with E-state index in [1.165, 1.54) is 64.5 Å². The van der Waals surface area contributed by atoms with Crippen molar-refractivity contribution in [2.45, 2.75) is 77.3 Å². The maximum absolute atomic E-state index is 3.94. The molecule has 1 N–H and O–H groups in total. The molecule has 2 nitrogen and oxygen atoms in total. The molecular formula is C17H34N2. The Morgan fingerprint density at radius 1 is 0.789 bits per heavy atom. The van der Waals surface area contributed by atoms with Crippen LogP contribution in [-0.4, -0.2) is 37.1 Å². The van der Waals surface area contributed by atoms with Gasteiger partial charge in [-0.1, -0.05) is 25.7 Å². The summed E-state index contributed by atoms with van der Waals surface area (Å²) >= 11 is 0. The van der Waals surface area contributed by atoms with E-state index in [-0.39, 0.29) is 0 Å². The molecule has 2 atom stereocenters. The van der Waals surface area contributed by atoms with Gasteiger partial charge in [-0.15, -0.1) is 0 Å². The monoisotopic (exact) mass is 266 g/mol. The average molecular weight is 266 g/mol. The Labute approximate surface area is 120 Å². The number of hydrogen-bond acceptors (Lipinski definition) is 2. The van der Waals surface area contributed by atoms with E-state index < -0.39 is 0 Å². The number of nitrogens with one attached hydrogen (secondary N) is 1. The molecule has 0 radical (unpaired) electrons. The zero-order chi connectivity index (χ0) is 13.7. The van der Waals surface area contributed by atoms with Crippen LogP contribution in [0.15, 0.2) is 0 Å². The van der Waals surface area contributed by atoms with Gasteiger partial charge in [-0.3, -0.25) is 0 Å². The summed E-state index contributed by atoms with van der Waals surface area (Å²) in [6, 6.07) is 1.42. The summed E-state index contributed by atoms with van der Waals surface area (Å²) < 4.78 is 0.